The van der Waals surface area contributed by atoms with Crippen LogP contribution in [0.1, 0.15) is 53.4 Å². The fourth-order valence-electron chi connectivity index (χ4n) is 3.34. The molecule has 0 saturated carbocycles. The van der Waals surface area contributed by atoms with E-state index >= 15 is 0 Å². The Balaban J connectivity index is 0. The average Bonchev–Trinajstić information content (AvgIpc) is 2.17. The van der Waals surface area contributed by atoms with Gasteiger partial charge in [0.05, 0.1) is 0 Å². The molecule has 0 amide bonds. The molecule has 18 heavy (non-hydrogen) atoms. The van der Waals surface area contributed by atoms with E-state index in [0.717, 1.165) is 48.7 Å². The molecular weight excluding hydrogens is 279 g/mol. The van der Waals surface area contributed by atoms with Crippen LogP contribution in [0.15, 0.2) is 0 Å². The van der Waals surface area contributed by atoms with E-state index < -0.39 is 17.7 Å². The van der Waals surface area contributed by atoms with E-state index in [9.17, 15) is 9.46 Å². The van der Waals surface area contributed by atoms with Crippen molar-refractivity contribution in [3.8, 4) is 0 Å². The highest BCUT2D eigenvalue weighted by atomic mass is 32.3. The Bertz CT molecular complexity index is 216. The molecule has 1 N–H and O–H groups in total. The zero-order chi connectivity index (χ0) is 13.4. The summed E-state index contributed by atoms with van der Waals surface area (Å²) in [4.78, 5) is 9.32. The third kappa shape index (κ3) is 6.14. The molecule has 112 valence electrons. The molecule has 0 aromatic heterocycles. The maximum Gasteiger partial charge on any atom is 0.324 e. The Labute approximate surface area is 130 Å². The fourth-order valence-corrected chi connectivity index (χ4v) is 12.4. The monoisotopic (exact) mass is 312 g/mol. The van der Waals surface area contributed by atoms with Crippen LogP contribution in [0.5, 0.6) is 0 Å². The predicted molar refractivity (Wildman–Crippen MR) is 90.5 cm³/mol. The first kappa shape index (κ1) is 21.6. The lowest BCUT2D eigenvalue weighted by molar-refractivity contribution is 0.420. The second-order valence-corrected chi connectivity index (χ2v) is 11.9. The Morgan fingerprint density at radius 2 is 1.17 bits per heavy atom. The first-order valence-electron chi connectivity index (χ1n) is 6.91. The van der Waals surface area contributed by atoms with Crippen molar-refractivity contribution in [2.24, 2.45) is 0 Å². The minimum absolute atomic E-state index is 0. The molecule has 0 bridgehead atoms. The Hall–Kier alpha value is 1.27. The van der Waals surface area contributed by atoms with Crippen molar-refractivity contribution >= 4 is 40.7 Å². The summed E-state index contributed by atoms with van der Waals surface area (Å²) < 4.78 is 17.1. The molecule has 0 spiro atoms. The summed E-state index contributed by atoms with van der Waals surface area (Å²) in [5, 5.41) is 0. The van der Waals surface area contributed by atoms with Crippen molar-refractivity contribution in [1.82, 2.24) is 0 Å². The molecule has 3 nitrogen and oxygen atoms in total. The van der Waals surface area contributed by atoms with Gasteiger partial charge in [-0.3, -0.25) is 8.54 Å². The van der Waals surface area contributed by atoms with Gasteiger partial charge in [0.25, 0.3) is 0 Å². The van der Waals surface area contributed by atoms with Gasteiger partial charge in [0.15, 0.2) is 0 Å². The molecule has 0 aliphatic heterocycles. The minimum Gasteiger partial charge on any atom is -0.326 e. The topological polar surface area (TPSA) is 46.5 Å². The highest BCUT2D eigenvalue weighted by molar-refractivity contribution is 8.47. The molecule has 0 saturated heterocycles. The molecule has 0 rings (SSSR count). The molecule has 0 aromatic carbocycles. The van der Waals surface area contributed by atoms with E-state index in [2.05, 4.69) is 27.7 Å². The van der Waals surface area contributed by atoms with E-state index in [1.807, 2.05) is 0 Å². The zero-order valence-electron chi connectivity index (χ0n) is 11.9. The van der Waals surface area contributed by atoms with Crippen molar-refractivity contribution in [2.75, 3.05) is 23.0 Å². The van der Waals surface area contributed by atoms with Crippen LogP contribution in [0.3, 0.4) is 0 Å². The molecule has 1 unspecified atom stereocenters. The van der Waals surface area contributed by atoms with Gasteiger partial charge in [0.2, 0.25) is 0 Å². The van der Waals surface area contributed by atoms with Crippen molar-refractivity contribution in [3.63, 3.8) is 0 Å². The lowest BCUT2D eigenvalue weighted by Gasteiger charge is -2.61. The van der Waals surface area contributed by atoms with Crippen molar-refractivity contribution in [1.29, 1.82) is 0 Å². The Kier molecular flexibility index (Phi) is 12.1. The standard InChI is InChI=1S/C12H31O3PS.Mg.2H/c1-5-9-17(10-6-2,11-7-3,12-8-4)15-16(13)14;;;/h16-17H,5-12H2,1-4H3,(H,13,14);;;. The minimum atomic E-state index is -2.83. The van der Waals surface area contributed by atoms with Crippen LogP contribution in [-0.4, -0.2) is 51.0 Å². The van der Waals surface area contributed by atoms with Crippen molar-refractivity contribution in [3.05, 3.63) is 0 Å². The normalized spacial score (nSPS) is 15.5. The summed E-state index contributed by atoms with van der Waals surface area (Å²) in [6, 6.07) is 0. The van der Waals surface area contributed by atoms with Crippen LogP contribution in [0.25, 0.3) is 0 Å². The van der Waals surface area contributed by atoms with Crippen LogP contribution < -0.4 is 0 Å². The summed E-state index contributed by atoms with van der Waals surface area (Å²) >= 11 is 0. The molecule has 0 fully saturated rings. The average molecular weight is 313 g/mol. The largest absolute Gasteiger partial charge is 0.326 e. The smallest absolute Gasteiger partial charge is 0.324 e. The van der Waals surface area contributed by atoms with Gasteiger partial charge >= 0.3 is 31.3 Å². The molecule has 0 aliphatic carbocycles. The van der Waals surface area contributed by atoms with Crippen LogP contribution in [0, 0.1) is 0 Å². The molecule has 0 radical (unpaired) electrons. The maximum absolute atomic E-state index is 11.3. The van der Waals surface area contributed by atoms with Gasteiger partial charge in [0.1, 0.15) is 0 Å². The second kappa shape index (κ2) is 10.1. The highest BCUT2D eigenvalue weighted by Crippen LogP contribution is 2.74. The summed E-state index contributed by atoms with van der Waals surface area (Å²) in [5.74, 6) is 4.05. The molecular formula is C12H33MgO3PS. The van der Waals surface area contributed by atoms with Crippen molar-refractivity contribution in [2.45, 2.75) is 53.4 Å². The van der Waals surface area contributed by atoms with Crippen LogP contribution in [-0.2, 0) is 8.54 Å². The summed E-state index contributed by atoms with van der Waals surface area (Å²) in [5.41, 5.74) is 0. The number of rotatable bonds is 10. The SMILES string of the molecule is CCC[SH](CCC)(CCC)(CCC)O[PH](=O)O.[MgH2]. The van der Waals surface area contributed by atoms with Gasteiger partial charge in [-0.1, -0.05) is 27.7 Å². The van der Waals surface area contributed by atoms with Crippen molar-refractivity contribution < 1.29 is 13.4 Å². The second-order valence-electron chi connectivity index (χ2n) is 5.11. The van der Waals surface area contributed by atoms with E-state index in [4.69, 9.17) is 3.97 Å². The van der Waals surface area contributed by atoms with Gasteiger partial charge in [-0.05, 0) is 48.7 Å². The van der Waals surface area contributed by atoms with Gasteiger partial charge in [-0.25, -0.2) is 0 Å². The van der Waals surface area contributed by atoms with E-state index in [1.54, 1.807) is 0 Å². The van der Waals surface area contributed by atoms with Crippen LogP contribution >= 0.6 is 17.7 Å². The maximum atomic E-state index is 11.3. The van der Waals surface area contributed by atoms with Gasteiger partial charge in [-0.2, -0.15) is 9.44 Å². The molecule has 6 heteroatoms. The Morgan fingerprint density at radius 1 is 0.889 bits per heavy atom. The quantitative estimate of drug-likeness (QED) is 0.370. The van der Waals surface area contributed by atoms with E-state index in [0.29, 0.717) is 0 Å². The predicted octanol–water partition coefficient (Wildman–Crippen LogP) is 3.10. The third-order valence-electron chi connectivity index (χ3n) is 3.49. The molecule has 0 aliphatic rings. The lowest BCUT2D eigenvalue weighted by atomic mass is 10.5. The lowest BCUT2D eigenvalue weighted by Crippen LogP contribution is -2.33. The number of hydrogen-bond donors (Lipinski definition) is 2. The summed E-state index contributed by atoms with van der Waals surface area (Å²) in [6.07, 6.45) is 4.19. The highest BCUT2D eigenvalue weighted by Gasteiger charge is 2.40. The third-order valence-corrected chi connectivity index (χ3v) is 12.5. The molecule has 0 aromatic rings. The fraction of sp³-hybridized carbons (Fsp3) is 1.00. The van der Waals surface area contributed by atoms with E-state index in [-0.39, 0.29) is 23.1 Å². The number of thiol groups is 1. The first-order chi connectivity index (χ1) is 7.97. The summed E-state index contributed by atoms with van der Waals surface area (Å²) in [6.45, 7) is 8.61. The molecule has 0 heterocycles. The first-order valence-corrected chi connectivity index (χ1v) is 11.1. The zero-order valence-corrected chi connectivity index (χ0v) is 13.8. The van der Waals surface area contributed by atoms with Gasteiger partial charge in [0, 0.05) is 0 Å². The Morgan fingerprint density at radius 3 is 1.33 bits per heavy atom. The molecule has 1 atom stereocenters. The van der Waals surface area contributed by atoms with Crippen LogP contribution in [0.2, 0.25) is 0 Å². The van der Waals surface area contributed by atoms with Gasteiger partial charge in [-0.15, -0.1) is 0 Å². The summed E-state index contributed by atoms with van der Waals surface area (Å²) in [7, 11) is -5.24. The van der Waals surface area contributed by atoms with Crippen LogP contribution in [0.4, 0.5) is 0 Å². The van der Waals surface area contributed by atoms with Gasteiger partial charge < -0.3 is 4.89 Å². The van der Waals surface area contributed by atoms with E-state index in [1.165, 1.54) is 0 Å². The number of hydrogen-bond acceptors (Lipinski definition) is 2.